The number of anilines is 1. The van der Waals surface area contributed by atoms with Gasteiger partial charge < -0.3 is 20.6 Å². The fraction of sp³-hybridized carbons (Fsp3) is 0. The summed E-state index contributed by atoms with van der Waals surface area (Å²) >= 11 is 0. The van der Waals surface area contributed by atoms with Crippen LogP contribution in [0, 0.1) is 0 Å². The van der Waals surface area contributed by atoms with Gasteiger partial charge >= 0.3 is 5.97 Å². The largest absolute Gasteiger partial charge is 0.508 e. The van der Waals surface area contributed by atoms with E-state index in [2.05, 4.69) is 15.0 Å². The number of nitrogen functional groups attached to an aromatic ring is 1. The van der Waals surface area contributed by atoms with Gasteiger partial charge in [-0.25, -0.2) is 14.8 Å². The lowest BCUT2D eigenvalue weighted by Crippen LogP contribution is -2.11. The number of nitrogens with two attached hydrogens (primary N) is 1. The molecule has 0 saturated carbocycles. The summed E-state index contributed by atoms with van der Waals surface area (Å²) < 4.78 is 5.30. The first kappa shape index (κ1) is 15.6. The lowest BCUT2D eigenvalue weighted by molar-refractivity contribution is 0.0730. The van der Waals surface area contributed by atoms with Crippen molar-refractivity contribution in [1.82, 2.24) is 15.0 Å². The SMILES string of the molecule is Nc1cccc(-c2cc3c(C(=O)Oc4cccc(O)c4)ncnc3[nH]2)c1. The van der Waals surface area contributed by atoms with Gasteiger partial charge in [-0.15, -0.1) is 0 Å². The average molecular weight is 346 g/mol. The van der Waals surface area contributed by atoms with E-state index < -0.39 is 5.97 Å². The fourth-order valence-corrected chi connectivity index (χ4v) is 2.67. The lowest BCUT2D eigenvalue weighted by atomic mass is 10.1. The molecule has 4 rings (SSSR count). The summed E-state index contributed by atoms with van der Waals surface area (Å²) in [6, 6.07) is 15.1. The van der Waals surface area contributed by atoms with E-state index in [1.54, 1.807) is 24.3 Å². The van der Waals surface area contributed by atoms with Crippen molar-refractivity contribution < 1.29 is 14.6 Å². The summed E-state index contributed by atoms with van der Waals surface area (Å²) in [5.41, 5.74) is 8.74. The van der Waals surface area contributed by atoms with Gasteiger partial charge in [-0.05, 0) is 30.3 Å². The van der Waals surface area contributed by atoms with Crippen molar-refractivity contribution in [2.24, 2.45) is 0 Å². The van der Waals surface area contributed by atoms with Gasteiger partial charge in [-0.3, -0.25) is 0 Å². The van der Waals surface area contributed by atoms with E-state index in [1.165, 1.54) is 18.5 Å². The number of nitrogens with zero attached hydrogens (tertiary/aromatic N) is 2. The maximum Gasteiger partial charge on any atom is 0.363 e. The molecule has 0 atom stereocenters. The number of aromatic nitrogens is 3. The number of carbonyl (C=O) groups is 1. The molecule has 7 nitrogen and oxygen atoms in total. The Bertz CT molecular complexity index is 1120. The Morgan fingerprint density at radius 3 is 2.73 bits per heavy atom. The van der Waals surface area contributed by atoms with Crippen LogP contribution in [0.1, 0.15) is 10.5 Å². The van der Waals surface area contributed by atoms with Crippen LogP contribution in [0.2, 0.25) is 0 Å². The zero-order valence-corrected chi connectivity index (χ0v) is 13.5. The van der Waals surface area contributed by atoms with Crippen LogP contribution >= 0.6 is 0 Å². The van der Waals surface area contributed by atoms with E-state index in [4.69, 9.17) is 10.5 Å². The minimum absolute atomic E-state index is 0.00808. The Hall–Kier alpha value is -3.87. The number of phenolic OH excluding ortho intramolecular Hbond substituents is 1. The highest BCUT2D eigenvalue weighted by molar-refractivity contribution is 6.03. The van der Waals surface area contributed by atoms with E-state index in [9.17, 15) is 9.90 Å². The number of rotatable bonds is 3. The van der Waals surface area contributed by atoms with Crippen molar-refractivity contribution in [2.45, 2.75) is 0 Å². The molecule has 4 N–H and O–H groups in total. The fourth-order valence-electron chi connectivity index (χ4n) is 2.67. The number of aromatic hydroxyl groups is 1. The first-order valence-electron chi connectivity index (χ1n) is 7.81. The monoisotopic (exact) mass is 346 g/mol. The molecule has 2 aromatic carbocycles. The van der Waals surface area contributed by atoms with E-state index in [0.29, 0.717) is 16.7 Å². The number of phenols is 1. The average Bonchev–Trinajstić information content (AvgIpc) is 3.06. The van der Waals surface area contributed by atoms with Gasteiger partial charge in [0.15, 0.2) is 5.69 Å². The Morgan fingerprint density at radius 2 is 1.92 bits per heavy atom. The summed E-state index contributed by atoms with van der Waals surface area (Å²) in [6.45, 7) is 0. The molecule has 0 spiro atoms. The zero-order valence-electron chi connectivity index (χ0n) is 13.5. The van der Waals surface area contributed by atoms with Crippen LogP contribution in [0.3, 0.4) is 0 Å². The Labute approximate surface area is 148 Å². The number of nitrogens with one attached hydrogen (secondary N) is 1. The van der Waals surface area contributed by atoms with Crippen molar-refractivity contribution in [3.63, 3.8) is 0 Å². The second-order valence-electron chi connectivity index (χ2n) is 5.68. The normalized spacial score (nSPS) is 10.8. The molecule has 0 saturated heterocycles. The second kappa shape index (κ2) is 6.21. The molecule has 0 aliphatic rings. The van der Waals surface area contributed by atoms with Crippen LogP contribution in [0.15, 0.2) is 60.9 Å². The third kappa shape index (κ3) is 2.93. The number of fused-ring (bicyclic) bond motifs is 1. The first-order chi connectivity index (χ1) is 12.6. The number of carbonyl (C=O) groups excluding carboxylic acids is 1. The number of esters is 1. The quantitative estimate of drug-likeness (QED) is 0.298. The summed E-state index contributed by atoms with van der Waals surface area (Å²) in [7, 11) is 0. The molecule has 0 radical (unpaired) electrons. The third-order valence-corrected chi connectivity index (χ3v) is 3.84. The predicted octanol–water partition coefficient (Wildman–Crippen LogP) is 3.13. The van der Waals surface area contributed by atoms with Gasteiger partial charge in [0.2, 0.25) is 0 Å². The highest BCUT2D eigenvalue weighted by Crippen LogP contribution is 2.26. The third-order valence-electron chi connectivity index (χ3n) is 3.84. The van der Waals surface area contributed by atoms with E-state index >= 15 is 0 Å². The maximum atomic E-state index is 12.5. The van der Waals surface area contributed by atoms with Crippen LogP contribution in [0.25, 0.3) is 22.3 Å². The zero-order chi connectivity index (χ0) is 18.1. The Balaban J connectivity index is 1.72. The molecule has 0 fully saturated rings. The topological polar surface area (TPSA) is 114 Å². The minimum Gasteiger partial charge on any atom is -0.508 e. The van der Waals surface area contributed by atoms with E-state index in [1.807, 2.05) is 18.2 Å². The van der Waals surface area contributed by atoms with Crippen molar-refractivity contribution in [2.75, 3.05) is 5.73 Å². The van der Waals surface area contributed by atoms with Gasteiger partial charge in [-0.1, -0.05) is 18.2 Å². The molecule has 4 aromatic rings. The van der Waals surface area contributed by atoms with Crippen molar-refractivity contribution in [3.05, 3.63) is 66.6 Å². The number of hydrogen-bond donors (Lipinski definition) is 3. The molecule has 128 valence electrons. The number of ether oxygens (including phenoxy) is 1. The Morgan fingerprint density at radius 1 is 1.08 bits per heavy atom. The van der Waals surface area contributed by atoms with E-state index in [0.717, 1.165) is 11.3 Å². The first-order valence-corrected chi connectivity index (χ1v) is 7.81. The van der Waals surface area contributed by atoms with Crippen molar-refractivity contribution in [1.29, 1.82) is 0 Å². The molecular weight excluding hydrogens is 332 g/mol. The van der Waals surface area contributed by atoms with Crippen LogP contribution in [0.4, 0.5) is 5.69 Å². The van der Waals surface area contributed by atoms with Gasteiger partial charge in [0.05, 0.1) is 5.39 Å². The smallest absolute Gasteiger partial charge is 0.363 e. The van der Waals surface area contributed by atoms with Gasteiger partial charge in [0.25, 0.3) is 0 Å². The standard InChI is InChI=1S/C19H14N4O3/c20-12-4-1-3-11(7-12)16-9-15-17(21-10-22-18(15)23-16)19(25)26-14-6-2-5-13(24)8-14/h1-10,24H,20H2,(H,21,22,23). The van der Waals surface area contributed by atoms with Crippen LogP contribution in [0.5, 0.6) is 11.5 Å². The predicted molar refractivity (Wildman–Crippen MR) is 96.8 cm³/mol. The molecule has 0 amide bonds. The molecule has 0 aliphatic heterocycles. The van der Waals surface area contributed by atoms with Crippen LogP contribution in [-0.4, -0.2) is 26.0 Å². The highest BCUT2D eigenvalue weighted by atomic mass is 16.5. The van der Waals surface area contributed by atoms with Crippen molar-refractivity contribution >= 4 is 22.7 Å². The van der Waals surface area contributed by atoms with Crippen LogP contribution in [-0.2, 0) is 0 Å². The van der Waals surface area contributed by atoms with Gasteiger partial charge in [0, 0.05) is 23.0 Å². The van der Waals surface area contributed by atoms with Crippen molar-refractivity contribution in [3.8, 4) is 22.8 Å². The number of benzene rings is 2. The lowest BCUT2D eigenvalue weighted by Gasteiger charge is -2.04. The van der Waals surface area contributed by atoms with E-state index in [-0.39, 0.29) is 17.2 Å². The summed E-state index contributed by atoms with van der Waals surface area (Å²) in [4.78, 5) is 23.9. The molecule has 0 bridgehead atoms. The Kier molecular flexibility index (Phi) is 3.74. The van der Waals surface area contributed by atoms with Gasteiger partial charge in [0.1, 0.15) is 23.5 Å². The minimum atomic E-state index is -0.638. The summed E-state index contributed by atoms with van der Waals surface area (Å²) in [6.07, 6.45) is 1.29. The number of H-pyrrole nitrogens is 1. The number of hydrogen-bond acceptors (Lipinski definition) is 6. The second-order valence-corrected chi connectivity index (χ2v) is 5.68. The van der Waals surface area contributed by atoms with Gasteiger partial charge in [-0.2, -0.15) is 0 Å². The summed E-state index contributed by atoms with van der Waals surface area (Å²) in [5, 5.41) is 10.0. The molecule has 2 heterocycles. The highest BCUT2D eigenvalue weighted by Gasteiger charge is 2.17. The molecular formula is C19H14N4O3. The molecule has 7 heteroatoms. The number of aromatic amines is 1. The molecule has 2 aromatic heterocycles. The molecule has 26 heavy (non-hydrogen) atoms. The maximum absolute atomic E-state index is 12.5. The molecule has 0 unspecified atom stereocenters. The summed E-state index contributed by atoms with van der Waals surface area (Å²) in [5.74, 6) is -0.400. The molecule has 0 aliphatic carbocycles. The van der Waals surface area contributed by atoms with Crippen LogP contribution < -0.4 is 10.5 Å².